The Morgan fingerprint density at radius 3 is 0.782 bits per heavy atom. The van der Waals surface area contributed by atoms with Crippen LogP contribution >= 0.6 is 0 Å². The molecule has 10 heterocycles. The number of aryl methyl sites for hydroxylation is 6. The van der Waals surface area contributed by atoms with E-state index in [1.165, 1.54) is 345 Å². The maximum absolute atomic E-state index is 5.29. The Balaban J connectivity index is 0.000000136. The quantitative estimate of drug-likeness (QED) is 0.106. The predicted molar refractivity (Wildman–Crippen MR) is 513 cm³/mol. The number of hydrogen-bond donors (Lipinski definition) is 2. The van der Waals surface area contributed by atoms with Crippen LogP contribution in [0.1, 0.15) is 506 Å². The van der Waals surface area contributed by atoms with Crippen LogP contribution in [0.2, 0.25) is 0 Å². The van der Waals surface area contributed by atoms with E-state index in [0.717, 1.165) is 26.3 Å². The zero-order valence-corrected chi connectivity index (χ0v) is 83.3. The first-order chi connectivity index (χ1) is 59.4. The first-order valence-corrected chi connectivity index (χ1v) is 50.7. The lowest BCUT2D eigenvalue weighted by atomic mass is 9.92. The molecule has 1 saturated heterocycles. The molecule has 688 valence electrons. The van der Waals surface area contributed by atoms with Gasteiger partial charge in [0.05, 0.1) is 70.5 Å². The van der Waals surface area contributed by atoms with Crippen molar-refractivity contribution in [1.82, 2.24) is 88.9 Å². The van der Waals surface area contributed by atoms with Crippen molar-refractivity contribution in [1.29, 1.82) is 0 Å². The highest BCUT2D eigenvalue weighted by Gasteiger charge is 2.32. The van der Waals surface area contributed by atoms with Crippen molar-refractivity contribution in [3.63, 3.8) is 0 Å². The molecule has 0 amide bonds. The fourth-order valence-corrected chi connectivity index (χ4v) is 21.2. The van der Waals surface area contributed by atoms with Crippen LogP contribution in [0.3, 0.4) is 0 Å². The predicted octanol–water partition coefficient (Wildman–Crippen LogP) is 24.9. The number of aromatic amines is 2. The molecule has 0 atom stereocenters. The van der Waals surface area contributed by atoms with Crippen molar-refractivity contribution in [2.75, 3.05) is 13.2 Å². The summed E-state index contributed by atoms with van der Waals surface area (Å²) in [7, 11) is 4.16. The minimum absolute atomic E-state index is 0.504. The SMILES string of the molecule is CC(C)c1n[nH]c2c1CCCC2.CC(C)c1n[nH]c2c1CCCC2.CC(C)c1nn(C(C)C)c2c1CCCC2.CC(C)c1nn(C(C)C)c2c1CCCC2.CC(C)c1nn(C)c2c1CCCC2.CC(C)c1nn(C)c2c1CCCC2.CC(C)c1nn(C2COC2)c2c1CCCC2.CCn1nc(C(C)C)c2c1CCCC2.CCn1nc(C(C)C)c2c1CCCC2. The maximum Gasteiger partial charge on any atom is 0.0988 e. The summed E-state index contributed by atoms with van der Waals surface area (Å²) in [6, 6.07) is 1.52. The molecule has 124 heavy (non-hydrogen) atoms. The summed E-state index contributed by atoms with van der Waals surface area (Å²) < 4.78 is 20.7. The van der Waals surface area contributed by atoms with Crippen LogP contribution in [0.5, 0.6) is 0 Å². The number of ether oxygens (including phenoxy) is 1. The van der Waals surface area contributed by atoms with Gasteiger partial charge in [0.25, 0.3) is 0 Å². The van der Waals surface area contributed by atoms with E-state index in [4.69, 9.17) is 30.2 Å². The summed E-state index contributed by atoms with van der Waals surface area (Å²) in [5.74, 6) is 5.14. The van der Waals surface area contributed by atoms with Gasteiger partial charge in [0, 0.05) is 90.5 Å². The number of nitrogens with one attached hydrogen (secondary N) is 2. The molecule has 9 aromatic heterocycles. The zero-order valence-electron chi connectivity index (χ0n) is 83.3. The molecule has 0 saturated carbocycles. The van der Waals surface area contributed by atoms with E-state index in [9.17, 15) is 0 Å². The highest BCUT2D eigenvalue weighted by molar-refractivity contribution is 5.38. The third kappa shape index (κ3) is 23.5. The van der Waals surface area contributed by atoms with Gasteiger partial charge in [0.1, 0.15) is 0 Å². The summed E-state index contributed by atoms with van der Waals surface area (Å²) in [6.07, 6.45) is 46.3. The smallest absolute Gasteiger partial charge is 0.0988 e. The van der Waals surface area contributed by atoms with Gasteiger partial charge >= 0.3 is 0 Å². The van der Waals surface area contributed by atoms with Gasteiger partial charge in [-0.05, 0) is 376 Å². The maximum atomic E-state index is 5.29. The number of fused-ring (bicyclic) bond motifs is 9. The van der Waals surface area contributed by atoms with E-state index in [1.54, 1.807) is 38.9 Å². The van der Waals surface area contributed by atoms with Gasteiger partial charge in [-0.3, -0.25) is 43.0 Å². The zero-order chi connectivity index (χ0) is 89.3. The Labute approximate surface area is 751 Å². The Morgan fingerprint density at radius 1 is 0.258 bits per heavy atom. The van der Waals surface area contributed by atoms with Crippen LogP contribution in [0, 0.1) is 0 Å². The summed E-state index contributed by atoms with van der Waals surface area (Å²) in [5.41, 5.74) is 39.2. The summed E-state index contributed by atoms with van der Waals surface area (Å²) in [4.78, 5) is 0. The van der Waals surface area contributed by atoms with E-state index < -0.39 is 0 Å². The molecule has 1 fully saturated rings. The van der Waals surface area contributed by atoms with Crippen molar-refractivity contribution >= 4 is 0 Å². The minimum atomic E-state index is 0.504. The molecule has 19 heteroatoms. The van der Waals surface area contributed by atoms with Crippen molar-refractivity contribution in [3.8, 4) is 0 Å². The largest absolute Gasteiger partial charge is 0.377 e. The van der Waals surface area contributed by atoms with Gasteiger partial charge in [0.2, 0.25) is 0 Å². The average Bonchev–Trinajstić information content (AvgIpc) is 1.60. The van der Waals surface area contributed by atoms with Crippen LogP contribution in [0.4, 0.5) is 0 Å². The third-order valence-corrected chi connectivity index (χ3v) is 27.7. The van der Waals surface area contributed by atoms with Crippen LogP contribution in [0.25, 0.3) is 0 Å². The van der Waals surface area contributed by atoms with E-state index in [0.29, 0.717) is 71.4 Å². The Hall–Kier alpha value is -7.15. The minimum Gasteiger partial charge on any atom is -0.377 e. The lowest BCUT2D eigenvalue weighted by molar-refractivity contribution is -0.0301. The molecular formula is C105H172N18O. The van der Waals surface area contributed by atoms with Crippen LogP contribution in [0.15, 0.2) is 0 Å². The van der Waals surface area contributed by atoms with Crippen molar-refractivity contribution in [2.45, 2.75) is 482 Å². The molecule has 0 aromatic carbocycles. The average molecular weight is 1700 g/mol. The summed E-state index contributed by atoms with van der Waals surface area (Å²) in [6.45, 7) is 57.3. The van der Waals surface area contributed by atoms with Crippen LogP contribution in [-0.2, 0) is 147 Å². The van der Waals surface area contributed by atoms with Gasteiger partial charge < -0.3 is 4.74 Å². The Morgan fingerprint density at radius 2 is 0.492 bits per heavy atom. The first-order valence-electron chi connectivity index (χ1n) is 50.7. The second kappa shape index (κ2) is 45.7. The highest BCUT2D eigenvalue weighted by Crippen LogP contribution is 2.38. The monoisotopic (exact) mass is 1700 g/mol. The first kappa shape index (κ1) is 97.5. The standard InChI is InChI=1S/C13H20N2O.2C13H22N2.2C12H20N2.2C11H18N2.2C10H16N2/c1-9(2)13-11-5-3-4-6-12(11)15(14-13)10-7-16-8-10;2*1-9(2)13-11-7-5-6-8-12(11)15(14-13)10(3)4;2*1-4-14-11-8-6-5-7-10(11)12(13-14)9(2)3;2*1-8(2)11-9-6-4-5-7-10(9)13(3)12-11;2*1-7(2)10-8-5-3-4-6-9(8)11-12-10/h9-10H,3-8H2,1-2H3;2*9-10H,5-8H2,1-4H3;2*9H,4-8H2,1-3H3;2*8H,4-7H2,1-3H3;2*7H,3-6H2,1-2H3,(H,11,12). The summed E-state index contributed by atoms with van der Waals surface area (Å²) in [5, 5.41) is 48.2. The number of aromatic nitrogens is 18. The van der Waals surface area contributed by atoms with Crippen molar-refractivity contribution < 1.29 is 4.74 Å². The molecule has 10 aliphatic rings. The number of H-pyrrole nitrogens is 2. The molecule has 19 rings (SSSR count). The molecule has 0 spiro atoms. The number of hydrogen-bond acceptors (Lipinski definition) is 10. The molecule has 9 aliphatic carbocycles. The molecular weight excluding hydrogens is 1530 g/mol. The molecule has 2 N–H and O–H groups in total. The van der Waals surface area contributed by atoms with E-state index in [-0.39, 0.29) is 0 Å². The normalized spacial score (nSPS) is 16.8. The van der Waals surface area contributed by atoms with Gasteiger partial charge in [-0.1, -0.05) is 125 Å². The lowest BCUT2D eigenvalue weighted by Gasteiger charge is -2.28. The molecule has 19 nitrogen and oxygen atoms in total. The van der Waals surface area contributed by atoms with Crippen LogP contribution < -0.4 is 0 Å². The second-order valence-electron chi connectivity index (χ2n) is 41.2. The number of nitrogens with zero attached hydrogens (tertiary/aromatic N) is 16. The van der Waals surface area contributed by atoms with Gasteiger partial charge in [0.15, 0.2) is 0 Å². The van der Waals surface area contributed by atoms with E-state index in [1.807, 2.05) is 0 Å². The fourth-order valence-electron chi connectivity index (χ4n) is 21.2. The van der Waals surface area contributed by atoms with Gasteiger partial charge in [-0.2, -0.15) is 45.9 Å². The fraction of sp³-hybridized carbons (Fsp3) is 0.743. The van der Waals surface area contributed by atoms with Crippen LogP contribution in [-0.4, -0.2) is 102 Å². The molecule has 1 aliphatic heterocycles. The second-order valence-corrected chi connectivity index (χ2v) is 41.2. The van der Waals surface area contributed by atoms with E-state index in [2.05, 4.69) is 244 Å². The lowest BCUT2D eigenvalue weighted by Crippen LogP contribution is -2.32. The number of rotatable bonds is 14. The van der Waals surface area contributed by atoms with Gasteiger partial charge in [-0.25, -0.2) is 0 Å². The molecule has 0 unspecified atom stereocenters. The van der Waals surface area contributed by atoms with E-state index >= 15 is 0 Å². The van der Waals surface area contributed by atoms with Crippen molar-refractivity contribution in [2.24, 2.45) is 14.1 Å². The summed E-state index contributed by atoms with van der Waals surface area (Å²) >= 11 is 0. The van der Waals surface area contributed by atoms with Crippen molar-refractivity contribution in [3.05, 3.63) is 153 Å². The Kier molecular flexibility index (Phi) is 35.9. The molecule has 9 aromatic rings. The highest BCUT2D eigenvalue weighted by atomic mass is 16.5. The topological polar surface area (TPSA) is 191 Å². The molecule has 0 bridgehead atoms. The Bertz CT molecular complexity index is 4460. The van der Waals surface area contributed by atoms with Gasteiger partial charge in [-0.15, -0.1) is 0 Å². The molecule has 0 radical (unpaired) electrons. The third-order valence-electron chi connectivity index (χ3n) is 27.7.